The predicted molar refractivity (Wildman–Crippen MR) is 106 cm³/mol. The molecule has 0 aliphatic carbocycles. The van der Waals surface area contributed by atoms with Crippen molar-refractivity contribution >= 4 is 29.1 Å². The molecule has 1 atom stereocenters. The Morgan fingerprint density at radius 1 is 1.10 bits per heavy atom. The maximum atomic E-state index is 12.8. The van der Waals surface area contributed by atoms with Gasteiger partial charge in [0.1, 0.15) is 17.6 Å². The van der Waals surface area contributed by atoms with E-state index < -0.39 is 17.7 Å². The molecule has 1 amide bonds. The van der Waals surface area contributed by atoms with Gasteiger partial charge in [0.25, 0.3) is 11.7 Å². The van der Waals surface area contributed by atoms with Crippen LogP contribution in [-0.4, -0.2) is 66.0 Å². The Balaban J connectivity index is 1.68. The van der Waals surface area contributed by atoms with Crippen LogP contribution in [0, 0.1) is 0 Å². The van der Waals surface area contributed by atoms with E-state index in [1.54, 1.807) is 36.4 Å². The van der Waals surface area contributed by atoms with Crippen LogP contribution in [0.15, 0.2) is 52.7 Å². The summed E-state index contributed by atoms with van der Waals surface area (Å²) in [4.78, 5) is 29.3. The smallest absolute Gasteiger partial charge is 0.295 e. The summed E-state index contributed by atoms with van der Waals surface area (Å²) in [5.74, 6) is -1.17. The highest BCUT2D eigenvalue weighted by Crippen LogP contribution is 2.39. The second-order valence-electron chi connectivity index (χ2n) is 6.97. The number of nitrogens with zero attached hydrogens (tertiary/aromatic N) is 2. The van der Waals surface area contributed by atoms with E-state index in [-0.39, 0.29) is 11.3 Å². The van der Waals surface area contributed by atoms with Crippen molar-refractivity contribution < 1.29 is 23.8 Å². The molecule has 1 aromatic heterocycles. The molecule has 152 valence electrons. The van der Waals surface area contributed by atoms with Crippen LogP contribution in [0.3, 0.4) is 0 Å². The van der Waals surface area contributed by atoms with Crippen molar-refractivity contribution in [3.05, 3.63) is 64.6 Å². The minimum absolute atomic E-state index is 0.0225. The number of halogens is 1. The number of rotatable bonds is 5. The summed E-state index contributed by atoms with van der Waals surface area (Å²) in [6.07, 6.45) is 1.49. The molecular weight excluding hydrogens is 396 g/mol. The number of furan rings is 1. The van der Waals surface area contributed by atoms with Gasteiger partial charge in [-0.25, -0.2) is 0 Å². The first-order valence-electron chi connectivity index (χ1n) is 9.44. The Morgan fingerprint density at radius 2 is 1.83 bits per heavy atom. The third-order valence-corrected chi connectivity index (χ3v) is 5.48. The molecule has 2 aliphatic rings. The number of carbonyl (C=O) groups excluding carboxylic acids is 2. The van der Waals surface area contributed by atoms with Crippen LogP contribution in [-0.2, 0) is 14.3 Å². The molecule has 2 saturated heterocycles. The van der Waals surface area contributed by atoms with Crippen LogP contribution < -0.4 is 0 Å². The molecule has 2 fully saturated rings. The van der Waals surface area contributed by atoms with Gasteiger partial charge in [-0.15, -0.1) is 0 Å². The first-order valence-corrected chi connectivity index (χ1v) is 9.82. The van der Waals surface area contributed by atoms with E-state index in [9.17, 15) is 14.7 Å². The third-order valence-electron chi connectivity index (χ3n) is 5.23. The first-order chi connectivity index (χ1) is 14.1. The molecule has 2 aromatic rings. The van der Waals surface area contributed by atoms with Crippen LogP contribution in [0.25, 0.3) is 5.76 Å². The molecular formula is C21H21ClN2O5. The zero-order chi connectivity index (χ0) is 20.4. The minimum atomic E-state index is -0.776. The van der Waals surface area contributed by atoms with E-state index >= 15 is 0 Å². The van der Waals surface area contributed by atoms with Crippen LogP contribution in [0.1, 0.15) is 17.4 Å². The number of Topliss-reactive ketones (excluding diaryl/α,β-unsaturated/α-hetero) is 1. The summed E-state index contributed by atoms with van der Waals surface area (Å²) in [5, 5.41) is 11.4. The number of ketones is 1. The van der Waals surface area contributed by atoms with Crippen molar-refractivity contribution in [2.75, 3.05) is 39.4 Å². The summed E-state index contributed by atoms with van der Waals surface area (Å²) >= 11 is 5.92. The molecule has 0 radical (unpaired) electrons. The molecule has 0 bridgehead atoms. The average molecular weight is 417 g/mol. The monoisotopic (exact) mass is 416 g/mol. The van der Waals surface area contributed by atoms with Gasteiger partial charge in [0, 0.05) is 36.8 Å². The Kier molecular flexibility index (Phi) is 5.71. The van der Waals surface area contributed by atoms with E-state index in [1.165, 1.54) is 11.2 Å². The quantitative estimate of drug-likeness (QED) is 0.458. The Hall–Kier alpha value is -2.61. The second kappa shape index (κ2) is 8.41. The lowest BCUT2D eigenvalue weighted by atomic mass is 9.99. The van der Waals surface area contributed by atoms with Crippen molar-refractivity contribution in [2.24, 2.45) is 0 Å². The van der Waals surface area contributed by atoms with Crippen LogP contribution in [0.4, 0.5) is 0 Å². The van der Waals surface area contributed by atoms with Crippen LogP contribution >= 0.6 is 11.6 Å². The molecule has 8 heteroatoms. The van der Waals surface area contributed by atoms with Gasteiger partial charge in [0.05, 0.1) is 25.1 Å². The van der Waals surface area contributed by atoms with Crippen molar-refractivity contribution in [1.29, 1.82) is 0 Å². The van der Waals surface area contributed by atoms with Crippen LogP contribution in [0.2, 0.25) is 5.02 Å². The molecule has 2 aliphatic heterocycles. The topological polar surface area (TPSA) is 83.2 Å². The number of benzene rings is 1. The fourth-order valence-electron chi connectivity index (χ4n) is 3.69. The van der Waals surface area contributed by atoms with Gasteiger partial charge in [-0.2, -0.15) is 0 Å². The molecule has 7 nitrogen and oxygen atoms in total. The van der Waals surface area contributed by atoms with Gasteiger partial charge >= 0.3 is 0 Å². The van der Waals surface area contributed by atoms with Crippen molar-refractivity contribution in [3.8, 4) is 0 Å². The second-order valence-corrected chi connectivity index (χ2v) is 7.41. The highest BCUT2D eigenvalue weighted by Gasteiger charge is 2.47. The first kappa shape index (κ1) is 19.7. The zero-order valence-electron chi connectivity index (χ0n) is 15.7. The number of aliphatic hydroxyl groups is 1. The fraction of sp³-hybridized carbons (Fsp3) is 0.333. The van der Waals surface area contributed by atoms with Gasteiger partial charge in [0.2, 0.25) is 0 Å². The molecule has 1 aromatic carbocycles. The highest BCUT2D eigenvalue weighted by atomic mass is 35.5. The number of hydrogen-bond donors (Lipinski definition) is 1. The lowest BCUT2D eigenvalue weighted by molar-refractivity contribution is -0.140. The standard InChI is InChI=1S/C21H21ClN2O5/c22-15-5-3-14(4-6-15)19(25)17-18(16-2-1-11-29-16)24(21(27)20(17)26)8-7-23-9-12-28-13-10-23/h1-6,11,18,25H,7-10,12-13H2/t18-/m1/s1. The molecule has 1 N–H and O–H groups in total. The lowest BCUT2D eigenvalue weighted by Gasteiger charge is -2.30. The van der Waals surface area contributed by atoms with Gasteiger partial charge in [-0.05, 0) is 36.4 Å². The van der Waals surface area contributed by atoms with Gasteiger partial charge in [-0.1, -0.05) is 11.6 Å². The van der Waals surface area contributed by atoms with E-state index in [0.717, 1.165) is 13.1 Å². The summed E-state index contributed by atoms with van der Waals surface area (Å²) in [6.45, 7) is 3.80. The zero-order valence-corrected chi connectivity index (χ0v) is 16.5. The Morgan fingerprint density at radius 3 is 2.48 bits per heavy atom. The van der Waals surface area contributed by atoms with Crippen LogP contribution in [0.5, 0.6) is 0 Å². The number of morpholine rings is 1. The SMILES string of the molecule is O=C1C(=O)N(CCN2CCOCC2)[C@H](c2ccco2)C1=C(O)c1ccc(Cl)cc1. The van der Waals surface area contributed by atoms with Gasteiger partial charge < -0.3 is 19.2 Å². The molecule has 0 spiro atoms. The number of likely N-dealkylation sites (tertiary alicyclic amines) is 1. The van der Waals surface area contributed by atoms with Crippen molar-refractivity contribution in [1.82, 2.24) is 9.80 Å². The van der Waals surface area contributed by atoms with E-state index in [2.05, 4.69) is 4.90 Å². The Labute approximate surface area is 173 Å². The van der Waals surface area contributed by atoms with Gasteiger partial charge in [-0.3, -0.25) is 14.5 Å². The summed E-state index contributed by atoms with van der Waals surface area (Å²) in [6, 6.07) is 9.07. The fourth-order valence-corrected chi connectivity index (χ4v) is 3.82. The number of hydrogen-bond acceptors (Lipinski definition) is 6. The molecule has 0 unspecified atom stereocenters. The van der Waals surface area contributed by atoms with E-state index in [4.69, 9.17) is 20.8 Å². The number of carbonyl (C=O) groups is 2. The normalized spacial score (nSPS) is 22.4. The predicted octanol–water partition coefficient (Wildman–Crippen LogP) is 2.69. The highest BCUT2D eigenvalue weighted by molar-refractivity contribution is 6.46. The number of aliphatic hydroxyl groups excluding tert-OH is 1. The lowest BCUT2D eigenvalue weighted by Crippen LogP contribution is -2.42. The van der Waals surface area contributed by atoms with Crippen molar-refractivity contribution in [2.45, 2.75) is 6.04 Å². The number of ether oxygens (including phenoxy) is 1. The number of amides is 1. The molecule has 4 rings (SSSR count). The average Bonchev–Trinajstić information content (AvgIpc) is 3.35. The van der Waals surface area contributed by atoms with E-state index in [0.29, 0.717) is 42.6 Å². The Bertz CT molecular complexity index is 917. The maximum absolute atomic E-state index is 12.8. The maximum Gasteiger partial charge on any atom is 0.295 e. The van der Waals surface area contributed by atoms with E-state index in [1.807, 2.05) is 0 Å². The largest absolute Gasteiger partial charge is 0.507 e. The molecule has 3 heterocycles. The van der Waals surface area contributed by atoms with Gasteiger partial charge in [0.15, 0.2) is 0 Å². The summed E-state index contributed by atoms with van der Waals surface area (Å²) in [5.41, 5.74) is 0.436. The summed E-state index contributed by atoms with van der Waals surface area (Å²) < 4.78 is 10.9. The minimum Gasteiger partial charge on any atom is -0.507 e. The molecule has 29 heavy (non-hydrogen) atoms. The summed E-state index contributed by atoms with van der Waals surface area (Å²) in [7, 11) is 0. The molecule has 0 saturated carbocycles. The van der Waals surface area contributed by atoms with Crippen molar-refractivity contribution in [3.63, 3.8) is 0 Å². The third kappa shape index (κ3) is 3.94.